The number of hydrogen-bond donors (Lipinski definition) is 1. The lowest BCUT2D eigenvalue weighted by Gasteiger charge is -2.21. The molecule has 3 aromatic carbocycles. The Balaban J connectivity index is 2.11. The number of benzene rings is 3. The topological polar surface area (TPSA) is 26.2 Å². The summed E-state index contributed by atoms with van der Waals surface area (Å²) in [7, 11) is 0. The van der Waals surface area contributed by atoms with Gasteiger partial charge in [0.2, 0.25) is 11.0 Å². The van der Waals surface area contributed by atoms with Crippen molar-refractivity contribution in [2.45, 2.75) is 0 Å². The minimum Gasteiger partial charge on any atom is -0.354 e. The molecule has 1 aromatic heterocycles. The number of aromatic amines is 1. The normalized spacial score (nSPS) is 12.2. The summed E-state index contributed by atoms with van der Waals surface area (Å²) in [5, 5.41) is 6.09. The first kappa shape index (κ1) is 10.9. The van der Waals surface area contributed by atoms with Gasteiger partial charge in [0.1, 0.15) is 0 Å². The number of rotatable bonds is 0. The molecule has 2 nitrogen and oxygen atoms in total. The fraction of sp³-hybridized carbons (Fsp3) is 0. The third-order valence-electron chi connectivity index (χ3n) is 4.25. The minimum absolute atomic E-state index is 1.17. The van der Waals surface area contributed by atoms with Crippen LogP contribution in [0.15, 0.2) is 66.7 Å². The fourth-order valence-electron chi connectivity index (χ4n) is 3.35. The smallest absolute Gasteiger partial charge is 0.214 e. The molecule has 21 heavy (non-hydrogen) atoms. The first-order valence-electron chi connectivity index (χ1n) is 7.15. The van der Waals surface area contributed by atoms with E-state index >= 15 is 0 Å². The lowest BCUT2D eigenvalue weighted by molar-refractivity contribution is -0.310. The third-order valence-corrected chi connectivity index (χ3v) is 4.25. The number of para-hydroxylation sites is 2. The van der Waals surface area contributed by atoms with Crippen molar-refractivity contribution in [3.05, 3.63) is 66.7 Å². The Morgan fingerprint density at radius 2 is 1.43 bits per heavy atom. The standard InChI is InChI=1S/C19H12N2/c1-3-8-14-12(6-1)18-13-7-2-4-9-15(13)21-17-11-5-10-16(20-14)19(17)18/h1-11,20H/p+1. The van der Waals surface area contributed by atoms with E-state index in [1.54, 1.807) is 0 Å². The molecular formula is C19H13N2+. The molecule has 2 heteroatoms. The first-order valence-corrected chi connectivity index (χ1v) is 7.15. The van der Waals surface area contributed by atoms with Crippen LogP contribution in [0.5, 0.6) is 0 Å². The van der Waals surface area contributed by atoms with Crippen LogP contribution in [-0.2, 0) is 0 Å². The molecule has 0 radical (unpaired) electrons. The molecule has 0 saturated carbocycles. The Kier molecular flexibility index (Phi) is 1.98. The molecule has 0 aliphatic carbocycles. The molecule has 0 amide bonds. The van der Waals surface area contributed by atoms with Gasteiger partial charge in [-0.05, 0) is 18.2 Å². The molecule has 0 fully saturated rings. The van der Waals surface area contributed by atoms with Gasteiger partial charge in [0.15, 0.2) is 0 Å². The maximum atomic E-state index is 3.55. The van der Waals surface area contributed by atoms with Gasteiger partial charge < -0.3 is 5.32 Å². The number of aromatic nitrogens is 1. The molecule has 0 saturated heterocycles. The number of fused-ring (bicyclic) bond motifs is 4. The lowest BCUT2D eigenvalue weighted by atomic mass is 9.91. The summed E-state index contributed by atoms with van der Waals surface area (Å²) in [6.45, 7) is 0. The van der Waals surface area contributed by atoms with Gasteiger partial charge in [0, 0.05) is 28.9 Å². The molecule has 1 aliphatic rings. The molecule has 1 aliphatic heterocycles. The zero-order valence-corrected chi connectivity index (χ0v) is 11.4. The van der Waals surface area contributed by atoms with Crippen molar-refractivity contribution < 1.29 is 4.98 Å². The Bertz CT molecular complexity index is 1020. The average Bonchev–Trinajstić information content (AvgIpc) is 2.54. The zero-order chi connectivity index (χ0) is 13.8. The molecule has 4 aromatic rings. The number of pyridine rings is 1. The molecular weight excluding hydrogens is 256 g/mol. The second-order valence-electron chi connectivity index (χ2n) is 5.44. The van der Waals surface area contributed by atoms with Crippen LogP contribution in [0.2, 0.25) is 0 Å². The molecule has 0 bridgehead atoms. The van der Waals surface area contributed by atoms with Crippen molar-refractivity contribution in [1.82, 2.24) is 0 Å². The minimum atomic E-state index is 1.17. The van der Waals surface area contributed by atoms with Crippen LogP contribution in [-0.4, -0.2) is 0 Å². The largest absolute Gasteiger partial charge is 0.354 e. The Labute approximate surface area is 122 Å². The van der Waals surface area contributed by atoms with E-state index in [2.05, 4.69) is 77.0 Å². The van der Waals surface area contributed by atoms with Gasteiger partial charge in [-0.25, -0.2) is 4.98 Å². The van der Waals surface area contributed by atoms with Crippen LogP contribution in [0.1, 0.15) is 0 Å². The molecule has 5 rings (SSSR count). The lowest BCUT2D eigenvalue weighted by Crippen LogP contribution is -2.10. The average molecular weight is 269 g/mol. The van der Waals surface area contributed by atoms with Crippen LogP contribution in [0.4, 0.5) is 11.4 Å². The summed E-state index contributed by atoms with van der Waals surface area (Å²) in [6, 6.07) is 23.4. The first-order chi connectivity index (χ1) is 10.4. The van der Waals surface area contributed by atoms with E-state index in [1.165, 1.54) is 44.3 Å². The fourth-order valence-corrected chi connectivity index (χ4v) is 3.35. The van der Waals surface area contributed by atoms with Gasteiger partial charge in [-0.3, -0.25) is 0 Å². The highest BCUT2D eigenvalue weighted by Crippen LogP contribution is 2.45. The third kappa shape index (κ3) is 1.39. The van der Waals surface area contributed by atoms with Crippen molar-refractivity contribution in [2.75, 3.05) is 5.32 Å². The molecule has 2 N–H and O–H groups in total. The van der Waals surface area contributed by atoms with Gasteiger partial charge in [0.25, 0.3) is 0 Å². The number of anilines is 2. The van der Waals surface area contributed by atoms with Gasteiger partial charge in [-0.1, -0.05) is 36.4 Å². The van der Waals surface area contributed by atoms with E-state index in [4.69, 9.17) is 0 Å². The van der Waals surface area contributed by atoms with E-state index in [9.17, 15) is 0 Å². The maximum Gasteiger partial charge on any atom is 0.214 e. The molecule has 0 atom stereocenters. The SMILES string of the molecule is c1ccc2c(c1)Nc1cccc3[nH+]c4ccccc4c-2c13. The number of hydrogen-bond acceptors (Lipinski definition) is 1. The Morgan fingerprint density at radius 1 is 0.667 bits per heavy atom. The maximum absolute atomic E-state index is 3.55. The van der Waals surface area contributed by atoms with Gasteiger partial charge in [0.05, 0.1) is 16.5 Å². The van der Waals surface area contributed by atoms with E-state index in [0.717, 1.165) is 0 Å². The molecule has 0 unspecified atom stereocenters. The summed E-state index contributed by atoms with van der Waals surface area (Å²) in [6.07, 6.45) is 0. The second kappa shape index (κ2) is 3.83. The highest BCUT2D eigenvalue weighted by Gasteiger charge is 2.23. The van der Waals surface area contributed by atoms with Crippen LogP contribution < -0.4 is 10.3 Å². The van der Waals surface area contributed by atoms with E-state index in [-0.39, 0.29) is 0 Å². The summed E-state index contributed by atoms with van der Waals surface area (Å²) in [5.41, 5.74) is 7.28. The number of H-pyrrole nitrogens is 1. The van der Waals surface area contributed by atoms with Crippen molar-refractivity contribution >= 4 is 33.2 Å². The predicted octanol–water partition coefficient (Wildman–Crippen LogP) is 4.53. The summed E-state index contributed by atoms with van der Waals surface area (Å²) < 4.78 is 0. The van der Waals surface area contributed by atoms with Gasteiger partial charge in [-0.2, -0.15) is 0 Å². The van der Waals surface area contributed by atoms with Gasteiger partial charge in [-0.15, -0.1) is 0 Å². The van der Waals surface area contributed by atoms with Crippen LogP contribution in [0, 0.1) is 0 Å². The highest BCUT2D eigenvalue weighted by atomic mass is 14.9. The predicted molar refractivity (Wildman–Crippen MR) is 86.7 cm³/mol. The van der Waals surface area contributed by atoms with Crippen molar-refractivity contribution in [2.24, 2.45) is 0 Å². The Morgan fingerprint density at radius 3 is 2.43 bits per heavy atom. The van der Waals surface area contributed by atoms with E-state index < -0.39 is 0 Å². The van der Waals surface area contributed by atoms with Crippen LogP contribution in [0.3, 0.4) is 0 Å². The Hall–Kier alpha value is -2.87. The monoisotopic (exact) mass is 269 g/mol. The van der Waals surface area contributed by atoms with E-state index in [1.807, 2.05) is 0 Å². The highest BCUT2D eigenvalue weighted by molar-refractivity contribution is 6.16. The second-order valence-corrected chi connectivity index (χ2v) is 5.44. The van der Waals surface area contributed by atoms with E-state index in [0.29, 0.717) is 0 Å². The summed E-state index contributed by atoms with van der Waals surface area (Å²) >= 11 is 0. The van der Waals surface area contributed by atoms with Crippen molar-refractivity contribution in [1.29, 1.82) is 0 Å². The molecule has 2 heterocycles. The van der Waals surface area contributed by atoms with Crippen LogP contribution >= 0.6 is 0 Å². The van der Waals surface area contributed by atoms with Crippen molar-refractivity contribution in [3.63, 3.8) is 0 Å². The quantitative estimate of drug-likeness (QED) is 0.411. The summed E-state index contributed by atoms with van der Waals surface area (Å²) in [4.78, 5) is 3.55. The van der Waals surface area contributed by atoms with Crippen LogP contribution in [0.25, 0.3) is 32.9 Å². The summed E-state index contributed by atoms with van der Waals surface area (Å²) in [5.74, 6) is 0. The van der Waals surface area contributed by atoms with Gasteiger partial charge >= 0.3 is 0 Å². The molecule has 98 valence electrons. The zero-order valence-electron chi connectivity index (χ0n) is 11.4. The number of nitrogens with one attached hydrogen (secondary N) is 2. The van der Waals surface area contributed by atoms with Crippen molar-refractivity contribution in [3.8, 4) is 11.1 Å². The molecule has 0 spiro atoms.